The van der Waals surface area contributed by atoms with Gasteiger partial charge in [-0.05, 0) is 18.6 Å². The highest BCUT2D eigenvalue weighted by Gasteiger charge is 1.96. The fourth-order valence-electron chi connectivity index (χ4n) is 0.952. The molecule has 1 rings (SSSR count). The van der Waals surface area contributed by atoms with Gasteiger partial charge in [0, 0.05) is 11.8 Å². The fourth-order valence-corrected chi connectivity index (χ4v) is 0.952. The minimum absolute atomic E-state index is 0. The van der Waals surface area contributed by atoms with Gasteiger partial charge >= 0.3 is 0 Å². The largest absolute Gasteiger partial charge is 1.00 e. The second-order valence-corrected chi connectivity index (χ2v) is 2.78. The van der Waals surface area contributed by atoms with Gasteiger partial charge < -0.3 is 33.1 Å². The Morgan fingerprint density at radius 1 is 1.46 bits per heavy atom. The molecule has 0 saturated carbocycles. The molecule has 0 heterocycles. The number of halogens is 1. The number of aromatic hydroxyl groups is 1. The molecule has 5 N–H and O–H groups in total. The molecule has 4 heteroatoms. The molecule has 1 aromatic carbocycles. The van der Waals surface area contributed by atoms with Crippen molar-refractivity contribution < 1.29 is 27.8 Å². The molecule has 0 saturated heterocycles. The molecule has 0 amide bonds. The Kier molecular flexibility index (Phi) is 5.50. The van der Waals surface area contributed by atoms with Crippen molar-refractivity contribution in [3.05, 3.63) is 23.8 Å². The van der Waals surface area contributed by atoms with Crippen molar-refractivity contribution in [1.29, 1.82) is 0 Å². The zero-order chi connectivity index (χ0) is 8.97. The van der Waals surface area contributed by atoms with Gasteiger partial charge in [0.1, 0.15) is 5.75 Å². The van der Waals surface area contributed by atoms with Gasteiger partial charge in [-0.3, -0.25) is 0 Å². The van der Waals surface area contributed by atoms with Crippen LogP contribution in [-0.4, -0.2) is 18.2 Å². The molecule has 0 spiro atoms. The van der Waals surface area contributed by atoms with Crippen LogP contribution >= 0.6 is 0 Å². The highest BCUT2D eigenvalue weighted by Crippen LogP contribution is 2.20. The lowest BCUT2D eigenvalue weighted by atomic mass is 10.2. The molecule has 0 fully saturated rings. The van der Waals surface area contributed by atoms with Crippen LogP contribution in [0.5, 0.6) is 5.75 Å². The molecule has 0 radical (unpaired) electrons. The first-order chi connectivity index (χ1) is 5.74. The Hall–Kier alpha value is -0.740. The number of nitrogens with one attached hydrogen (secondary N) is 1. The average Bonchev–Trinajstić information content (AvgIpc) is 2.07. The highest BCUT2D eigenvalue weighted by atomic mass is 79.9. The van der Waals surface area contributed by atoms with E-state index >= 15 is 0 Å². The van der Waals surface area contributed by atoms with Crippen LogP contribution in [0.2, 0.25) is 0 Å². The maximum Gasteiger partial charge on any atom is 0.120 e. The molecule has 0 atom stereocenters. The lowest BCUT2D eigenvalue weighted by molar-refractivity contribution is -0.362. The minimum atomic E-state index is 0. The van der Waals surface area contributed by atoms with E-state index in [0.717, 1.165) is 24.3 Å². The number of phenols is 1. The number of aryl methyl sites for hydroxylation is 1. The molecule has 1 aromatic rings. The van der Waals surface area contributed by atoms with Crippen molar-refractivity contribution in [3.63, 3.8) is 0 Å². The van der Waals surface area contributed by atoms with E-state index in [0.29, 0.717) is 5.75 Å². The summed E-state index contributed by atoms with van der Waals surface area (Å²) in [5, 5.41) is 12.5. The molecule has 0 aliphatic heterocycles. The van der Waals surface area contributed by atoms with E-state index in [2.05, 4.69) is 11.1 Å². The average molecular weight is 247 g/mol. The Balaban J connectivity index is 0.00000144. The number of phenolic OH excluding ortho intramolecular Hbond substituents is 1. The first kappa shape index (κ1) is 12.3. The molecule has 0 aliphatic carbocycles. The number of anilines is 1. The van der Waals surface area contributed by atoms with Crippen LogP contribution in [0.1, 0.15) is 5.56 Å². The third-order valence-electron chi connectivity index (χ3n) is 1.72. The summed E-state index contributed by atoms with van der Waals surface area (Å²) in [6.07, 6.45) is 0. The standard InChI is InChI=1S/C9H14N2O.BrH/c1-7-2-3-8(6-9(7)12)11-5-4-10;/h2-3,6,11-12H,4-5,10H2,1H3;1H. The smallest absolute Gasteiger partial charge is 0.120 e. The van der Waals surface area contributed by atoms with Gasteiger partial charge in [0.2, 0.25) is 0 Å². The fraction of sp³-hybridized carbons (Fsp3) is 0.333. The Morgan fingerprint density at radius 2 is 2.15 bits per heavy atom. The van der Waals surface area contributed by atoms with Crippen LogP contribution in [0.3, 0.4) is 0 Å². The van der Waals surface area contributed by atoms with Crippen molar-refractivity contribution in [2.24, 2.45) is 0 Å². The van der Waals surface area contributed by atoms with Crippen molar-refractivity contribution in [2.45, 2.75) is 6.92 Å². The van der Waals surface area contributed by atoms with Crippen LogP contribution in [0, 0.1) is 6.92 Å². The second-order valence-electron chi connectivity index (χ2n) is 2.78. The molecule has 3 nitrogen and oxygen atoms in total. The van der Waals surface area contributed by atoms with E-state index in [-0.39, 0.29) is 17.0 Å². The summed E-state index contributed by atoms with van der Waals surface area (Å²) < 4.78 is 0. The van der Waals surface area contributed by atoms with Gasteiger partial charge in [0.05, 0.1) is 13.1 Å². The minimum Gasteiger partial charge on any atom is -1.00 e. The molecule has 0 aliphatic rings. The molecule has 0 bridgehead atoms. The molecular weight excluding hydrogens is 232 g/mol. The van der Waals surface area contributed by atoms with Gasteiger partial charge in [-0.1, -0.05) is 6.07 Å². The van der Waals surface area contributed by atoms with E-state index in [1.807, 2.05) is 19.1 Å². The monoisotopic (exact) mass is 246 g/mol. The lowest BCUT2D eigenvalue weighted by Gasteiger charge is -2.05. The number of rotatable bonds is 3. The lowest BCUT2D eigenvalue weighted by Crippen LogP contribution is -3.00. The summed E-state index contributed by atoms with van der Waals surface area (Å²) in [4.78, 5) is 0. The summed E-state index contributed by atoms with van der Waals surface area (Å²) >= 11 is 0. The van der Waals surface area contributed by atoms with Gasteiger partial charge in [0.25, 0.3) is 0 Å². The number of hydrogen-bond donors (Lipinski definition) is 3. The quantitative estimate of drug-likeness (QED) is 0.547. The molecule has 0 aromatic heterocycles. The first-order valence-electron chi connectivity index (χ1n) is 4.07. The van der Waals surface area contributed by atoms with Gasteiger partial charge in [-0.15, -0.1) is 0 Å². The number of hydrogen-bond acceptors (Lipinski definition) is 2. The SMILES string of the molecule is Cc1ccc(NCC[NH3+])cc1O.[Br-]. The van der Waals surface area contributed by atoms with Crippen LogP contribution in [0.25, 0.3) is 0 Å². The predicted octanol–water partition coefficient (Wildman–Crippen LogP) is -2.64. The summed E-state index contributed by atoms with van der Waals surface area (Å²) in [5.41, 5.74) is 5.56. The van der Waals surface area contributed by atoms with Gasteiger partial charge in [-0.25, -0.2) is 0 Å². The number of benzene rings is 1. The van der Waals surface area contributed by atoms with Crippen LogP contribution < -0.4 is 28.0 Å². The summed E-state index contributed by atoms with van der Waals surface area (Å²) in [6, 6.07) is 5.57. The van der Waals surface area contributed by atoms with E-state index in [9.17, 15) is 5.11 Å². The van der Waals surface area contributed by atoms with Crippen molar-refractivity contribution in [3.8, 4) is 5.75 Å². The number of quaternary nitrogens is 1. The Morgan fingerprint density at radius 3 is 2.69 bits per heavy atom. The summed E-state index contributed by atoms with van der Waals surface area (Å²) in [5.74, 6) is 0.337. The highest BCUT2D eigenvalue weighted by molar-refractivity contribution is 5.50. The van der Waals surface area contributed by atoms with E-state index < -0.39 is 0 Å². The molecule has 74 valence electrons. The normalized spacial score (nSPS) is 9.08. The third-order valence-corrected chi connectivity index (χ3v) is 1.72. The van der Waals surface area contributed by atoms with E-state index in [1.54, 1.807) is 6.07 Å². The second kappa shape index (κ2) is 5.83. The third kappa shape index (κ3) is 3.65. The maximum atomic E-state index is 9.34. The maximum absolute atomic E-state index is 9.34. The zero-order valence-electron chi connectivity index (χ0n) is 7.68. The molecule has 0 unspecified atom stereocenters. The van der Waals surface area contributed by atoms with Gasteiger partial charge in [0.15, 0.2) is 0 Å². The molecular formula is C9H15BrN2O. The first-order valence-corrected chi connectivity index (χ1v) is 4.07. The molecule has 13 heavy (non-hydrogen) atoms. The van der Waals surface area contributed by atoms with E-state index in [1.165, 1.54) is 0 Å². The summed E-state index contributed by atoms with van der Waals surface area (Å²) in [6.45, 7) is 3.55. The van der Waals surface area contributed by atoms with Crippen molar-refractivity contribution >= 4 is 5.69 Å². The topological polar surface area (TPSA) is 59.9 Å². The van der Waals surface area contributed by atoms with Gasteiger partial charge in [-0.2, -0.15) is 0 Å². The van der Waals surface area contributed by atoms with Crippen molar-refractivity contribution in [2.75, 3.05) is 18.4 Å². The van der Waals surface area contributed by atoms with E-state index in [4.69, 9.17) is 0 Å². The predicted molar refractivity (Wildman–Crippen MR) is 49.1 cm³/mol. The van der Waals surface area contributed by atoms with Crippen molar-refractivity contribution in [1.82, 2.24) is 0 Å². The van der Waals surface area contributed by atoms with Crippen LogP contribution in [0.15, 0.2) is 18.2 Å². The van der Waals surface area contributed by atoms with Crippen LogP contribution in [0.4, 0.5) is 5.69 Å². The zero-order valence-corrected chi connectivity index (χ0v) is 9.26. The van der Waals surface area contributed by atoms with Crippen LogP contribution in [-0.2, 0) is 0 Å². The summed E-state index contributed by atoms with van der Waals surface area (Å²) in [7, 11) is 0. The Labute approximate surface area is 88.7 Å². The Bertz CT molecular complexity index is 266.